The molecule has 0 bridgehead atoms. The van der Waals surface area contributed by atoms with Crippen LogP contribution in [0, 0.1) is 0 Å². The number of hydrogen-bond donors (Lipinski definition) is 1. The van der Waals surface area contributed by atoms with Crippen LogP contribution in [-0.2, 0) is 11.3 Å². The van der Waals surface area contributed by atoms with Gasteiger partial charge in [0.05, 0.1) is 0 Å². The molecular weight excluding hydrogens is 334 g/mol. The summed E-state index contributed by atoms with van der Waals surface area (Å²) < 4.78 is 1.94. The molecule has 0 saturated carbocycles. The van der Waals surface area contributed by atoms with Crippen molar-refractivity contribution in [3.05, 3.63) is 61.2 Å². The van der Waals surface area contributed by atoms with Crippen LogP contribution in [0.1, 0.15) is 6.42 Å². The Balaban J connectivity index is 1.41. The largest absolute Gasteiger partial charge is 0.354 e. The maximum Gasteiger partial charge on any atom is 0.220 e. The number of aromatic nitrogens is 4. The van der Waals surface area contributed by atoms with Crippen LogP contribution in [0.3, 0.4) is 0 Å². The molecule has 0 atom stereocenters. The van der Waals surface area contributed by atoms with Gasteiger partial charge in [-0.2, -0.15) is 0 Å². The van der Waals surface area contributed by atoms with Crippen LogP contribution in [0.5, 0.6) is 0 Å². The van der Waals surface area contributed by atoms with Gasteiger partial charge in [0.2, 0.25) is 5.91 Å². The van der Waals surface area contributed by atoms with Crippen molar-refractivity contribution >= 4 is 17.7 Å². The fourth-order valence-electron chi connectivity index (χ4n) is 2.29. The molecule has 1 amide bonds. The molecule has 1 aromatic carbocycles. The number of hydrogen-bond acceptors (Lipinski definition) is 5. The van der Waals surface area contributed by atoms with Crippen molar-refractivity contribution in [3.8, 4) is 11.6 Å². The summed E-state index contributed by atoms with van der Waals surface area (Å²) in [7, 11) is 0. The molecule has 2 aromatic heterocycles. The zero-order valence-corrected chi connectivity index (χ0v) is 14.5. The fourth-order valence-corrected chi connectivity index (χ4v) is 3.17. The number of benzene rings is 1. The smallest absolute Gasteiger partial charge is 0.220 e. The van der Waals surface area contributed by atoms with Gasteiger partial charge in [-0.15, -0.1) is 11.8 Å². The lowest BCUT2D eigenvalue weighted by atomic mass is 10.4. The van der Waals surface area contributed by atoms with Gasteiger partial charge in [0.15, 0.2) is 11.6 Å². The predicted octanol–water partition coefficient (Wildman–Crippen LogP) is 2.64. The molecule has 25 heavy (non-hydrogen) atoms. The Morgan fingerprint density at radius 2 is 1.84 bits per heavy atom. The van der Waals surface area contributed by atoms with E-state index in [0.29, 0.717) is 31.2 Å². The quantitative estimate of drug-likeness (QED) is 0.630. The number of carbonyl (C=O) groups excluding carboxylic acids is 1. The van der Waals surface area contributed by atoms with Crippen molar-refractivity contribution in [1.29, 1.82) is 0 Å². The molecule has 0 radical (unpaired) electrons. The summed E-state index contributed by atoms with van der Waals surface area (Å²) in [6, 6.07) is 11.9. The summed E-state index contributed by atoms with van der Waals surface area (Å²) in [5, 5.41) is 2.94. The summed E-state index contributed by atoms with van der Waals surface area (Å²) in [4.78, 5) is 25.8. The highest BCUT2D eigenvalue weighted by Gasteiger charge is 2.08. The van der Waals surface area contributed by atoms with E-state index in [4.69, 9.17) is 0 Å². The molecule has 0 aliphatic heterocycles. The van der Waals surface area contributed by atoms with Crippen molar-refractivity contribution in [3.63, 3.8) is 0 Å². The van der Waals surface area contributed by atoms with E-state index in [-0.39, 0.29) is 5.91 Å². The van der Waals surface area contributed by atoms with Gasteiger partial charge in [-0.25, -0.2) is 15.0 Å². The maximum absolute atomic E-state index is 11.9. The lowest BCUT2D eigenvalue weighted by molar-refractivity contribution is -0.120. The number of nitrogens with one attached hydrogen (secondary N) is 1. The monoisotopic (exact) mass is 353 g/mol. The maximum atomic E-state index is 11.9. The number of thioether (sulfide) groups is 1. The summed E-state index contributed by atoms with van der Waals surface area (Å²) in [5.41, 5.74) is 0. The zero-order chi connectivity index (χ0) is 17.3. The lowest BCUT2D eigenvalue weighted by Gasteiger charge is -2.08. The van der Waals surface area contributed by atoms with E-state index in [1.54, 1.807) is 36.4 Å². The minimum absolute atomic E-state index is 0.0565. The number of rotatable bonds is 8. The average Bonchev–Trinajstić information content (AvgIpc) is 3.12. The molecule has 3 rings (SSSR count). The molecule has 0 aliphatic carbocycles. The van der Waals surface area contributed by atoms with Gasteiger partial charge in [0.25, 0.3) is 0 Å². The van der Waals surface area contributed by atoms with Gasteiger partial charge >= 0.3 is 0 Å². The first-order valence-electron chi connectivity index (χ1n) is 8.06. The first-order chi connectivity index (χ1) is 12.3. The van der Waals surface area contributed by atoms with E-state index in [0.717, 1.165) is 5.75 Å². The van der Waals surface area contributed by atoms with E-state index in [1.807, 2.05) is 29.0 Å². The summed E-state index contributed by atoms with van der Waals surface area (Å²) >= 11 is 1.69. The van der Waals surface area contributed by atoms with E-state index in [9.17, 15) is 4.79 Å². The average molecular weight is 353 g/mol. The van der Waals surface area contributed by atoms with Crippen molar-refractivity contribution in [2.75, 3.05) is 12.3 Å². The third-order valence-electron chi connectivity index (χ3n) is 3.50. The molecule has 0 unspecified atom stereocenters. The van der Waals surface area contributed by atoms with Gasteiger partial charge in [0.1, 0.15) is 0 Å². The molecule has 2 heterocycles. The first-order valence-corrected chi connectivity index (χ1v) is 9.04. The minimum atomic E-state index is 0.0565. The summed E-state index contributed by atoms with van der Waals surface area (Å²) in [6.07, 6.45) is 7.45. The second kappa shape index (κ2) is 8.98. The molecule has 1 N–H and O–H groups in total. The molecule has 7 heteroatoms. The van der Waals surface area contributed by atoms with Crippen LogP contribution in [-0.4, -0.2) is 37.7 Å². The Bertz CT molecular complexity index is 791. The van der Waals surface area contributed by atoms with Crippen molar-refractivity contribution in [2.45, 2.75) is 17.9 Å². The van der Waals surface area contributed by atoms with Gasteiger partial charge in [-0.3, -0.25) is 4.79 Å². The van der Waals surface area contributed by atoms with Gasteiger partial charge in [0, 0.05) is 54.9 Å². The summed E-state index contributed by atoms with van der Waals surface area (Å²) in [5.74, 6) is 2.11. The second-order valence-electron chi connectivity index (χ2n) is 5.28. The third kappa shape index (κ3) is 5.15. The number of carbonyl (C=O) groups is 1. The van der Waals surface area contributed by atoms with Crippen LogP contribution in [0.25, 0.3) is 11.6 Å². The molecule has 0 fully saturated rings. The first kappa shape index (κ1) is 17.2. The Hall–Kier alpha value is -2.67. The minimum Gasteiger partial charge on any atom is -0.354 e. The van der Waals surface area contributed by atoms with E-state index in [2.05, 4.69) is 32.4 Å². The van der Waals surface area contributed by atoms with E-state index >= 15 is 0 Å². The highest BCUT2D eigenvalue weighted by Crippen LogP contribution is 2.17. The third-order valence-corrected chi connectivity index (χ3v) is 4.51. The molecule has 6 nitrogen and oxygen atoms in total. The molecular formula is C18H19N5OS. The van der Waals surface area contributed by atoms with Gasteiger partial charge in [-0.05, 0) is 18.2 Å². The normalized spacial score (nSPS) is 10.6. The lowest BCUT2D eigenvalue weighted by Crippen LogP contribution is -2.27. The standard InChI is InChI=1S/C18H19N5OS/c24-16(7-14-25-15-5-2-1-3-6-15)19-10-12-23-13-11-22-18(23)17-20-8-4-9-21-17/h1-6,8-9,11,13H,7,10,12,14H2,(H,19,24). The Morgan fingerprint density at radius 3 is 2.64 bits per heavy atom. The highest BCUT2D eigenvalue weighted by molar-refractivity contribution is 7.99. The predicted molar refractivity (Wildman–Crippen MR) is 98.0 cm³/mol. The Kier molecular flexibility index (Phi) is 6.17. The van der Waals surface area contributed by atoms with Gasteiger partial charge < -0.3 is 9.88 Å². The molecule has 128 valence electrons. The SMILES string of the molecule is O=C(CCSc1ccccc1)NCCn1ccnc1-c1ncccn1. The van der Waals surface area contributed by atoms with Crippen molar-refractivity contribution < 1.29 is 4.79 Å². The highest BCUT2D eigenvalue weighted by atomic mass is 32.2. The molecule has 0 aliphatic rings. The molecule has 0 saturated heterocycles. The molecule has 3 aromatic rings. The summed E-state index contributed by atoms with van der Waals surface area (Å²) in [6.45, 7) is 1.18. The number of nitrogens with zero attached hydrogens (tertiary/aromatic N) is 4. The molecule has 0 spiro atoms. The number of imidazole rings is 1. The Morgan fingerprint density at radius 1 is 1.04 bits per heavy atom. The Labute approximate surface area is 150 Å². The van der Waals surface area contributed by atoms with Crippen LogP contribution < -0.4 is 5.32 Å². The van der Waals surface area contributed by atoms with E-state index < -0.39 is 0 Å². The van der Waals surface area contributed by atoms with Crippen LogP contribution in [0.15, 0.2) is 66.1 Å². The second-order valence-corrected chi connectivity index (χ2v) is 6.45. The fraction of sp³-hybridized carbons (Fsp3) is 0.222. The van der Waals surface area contributed by atoms with Crippen LogP contribution in [0.2, 0.25) is 0 Å². The topological polar surface area (TPSA) is 72.7 Å². The zero-order valence-electron chi connectivity index (χ0n) is 13.7. The van der Waals surface area contributed by atoms with Crippen molar-refractivity contribution in [2.24, 2.45) is 0 Å². The van der Waals surface area contributed by atoms with Crippen LogP contribution in [0.4, 0.5) is 0 Å². The van der Waals surface area contributed by atoms with Crippen LogP contribution >= 0.6 is 11.8 Å². The number of amides is 1. The van der Waals surface area contributed by atoms with Gasteiger partial charge in [-0.1, -0.05) is 18.2 Å². The van der Waals surface area contributed by atoms with Crippen molar-refractivity contribution in [1.82, 2.24) is 24.8 Å². The van der Waals surface area contributed by atoms with E-state index in [1.165, 1.54) is 4.90 Å².